The molecular weight excluding hydrogens is 354 g/mol. The number of rotatable bonds is 7. The lowest BCUT2D eigenvalue weighted by Crippen LogP contribution is -2.12. The summed E-state index contributed by atoms with van der Waals surface area (Å²) in [5, 5.41) is 9.64. The Kier molecular flexibility index (Phi) is 5.40. The quantitative estimate of drug-likeness (QED) is 0.670. The Bertz CT molecular complexity index is 969. The van der Waals surface area contributed by atoms with Gasteiger partial charge in [0.1, 0.15) is 12.4 Å². The van der Waals surface area contributed by atoms with Crippen molar-refractivity contribution < 1.29 is 13.2 Å². The third-order valence-corrected chi connectivity index (χ3v) is 4.58. The van der Waals surface area contributed by atoms with Crippen LogP contribution in [0.3, 0.4) is 0 Å². The fourth-order valence-corrected chi connectivity index (χ4v) is 2.95. The molecule has 0 aliphatic carbocycles. The van der Waals surface area contributed by atoms with Crippen molar-refractivity contribution in [1.29, 1.82) is 0 Å². The Labute approximate surface area is 151 Å². The molecule has 0 aliphatic heterocycles. The van der Waals surface area contributed by atoms with Crippen LogP contribution in [0.1, 0.15) is 24.1 Å². The standard InChI is InChI=1S/C17H19N5O3S/c1-2-25-12-16-20-17(10-13-4-3-9-19-11-13)22(21-16)14-5-7-15(8-6-14)26(18,23)24/h3-9,11H,2,10,12H2,1H3,(H2,18,23,24). The maximum atomic E-state index is 11.4. The average Bonchev–Trinajstić information content (AvgIpc) is 3.03. The topological polar surface area (TPSA) is 113 Å². The highest BCUT2D eigenvalue weighted by molar-refractivity contribution is 7.89. The van der Waals surface area contributed by atoms with Crippen LogP contribution < -0.4 is 5.14 Å². The third-order valence-electron chi connectivity index (χ3n) is 3.65. The summed E-state index contributed by atoms with van der Waals surface area (Å²) in [6.07, 6.45) is 4.01. The van der Waals surface area contributed by atoms with Gasteiger partial charge in [0.05, 0.1) is 10.6 Å². The Morgan fingerprint density at radius 2 is 1.96 bits per heavy atom. The van der Waals surface area contributed by atoms with E-state index >= 15 is 0 Å². The van der Waals surface area contributed by atoms with Crippen LogP contribution in [0.2, 0.25) is 0 Å². The Balaban J connectivity index is 1.97. The normalized spacial score (nSPS) is 11.6. The lowest BCUT2D eigenvalue weighted by molar-refractivity contribution is 0.128. The lowest BCUT2D eigenvalue weighted by Gasteiger charge is -2.07. The second kappa shape index (κ2) is 7.73. The highest BCUT2D eigenvalue weighted by Gasteiger charge is 2.14. The van der Waals surface area contributed by atoms with Gasteiger partial charge in [-0.25, -0.2) is 23.2 Å². The molecule has 2 heterocycles. The summed E-state index contributed by atoms with van der Waals surface area (Å²) in [6.45, 7) is 2.77. The first-order chi connectivity index (χ1) is 12.5. The predicted octanol–water partition coefficient (Wildman–Crippen LogP) is 1.44. The van der Waals surface area contributed by atoms with E-state index in [4.69, 9.17) is 9.88 Å². The molecule has 0 bridgehead atoms. The minimum atomic E-state index is -3.74. The molecule has 0 fully saturated rings. The molecule has 3 rings (SSSR count). The Morgan fingerprint density at radius 3 is 2.58 bits per heavy atom. The van der Waals surface area contributed by atoms with Crippen molar-refractivity contribution in [2.24, 2.45) is 5.14 Å². The second-order valence-electron chi connectivity index (χ2n) is 5.57. The van der Waals surface area contributed by atoms with Gasteiger partial charge in [-0.15, -0.1) is 5.10 Å². The first kappa shape index (κ1) is 18.2. The summed E-state index contributed by atoms with van der Waals surface area (Å²) >= 11 is 0. The number of nitrogens with zero attached hydrogens (tertiary/aromatic N) is 4. The summed E-state index contributed by atoms with van der Waals surface area (Å²) in [5.41, 5.74) is 1.68. The zero-order valence-corrected chi connectivity index (χ0v) is 15.1. The van der Waals surface area contributed by atoms with Crippen molar-refractivity contribution in [2.45, 2.75) is 24.8 Å². The van der Waals surface area contributed by atoms with Crippen LogP contribution in [0.5, 0.6) is 0 Å². The van der Waals surface area contributed by atoms with E-state index in [0.29, 0.717) is 37.0 Å². The van der Waals surface area contributed by atoms with Gasteiger partial charge in [-0.05, 0) is 42.8 Å². The molecule has 8 nitrogen and oxygen atoms in total. The van der Waals surface area contributed by atoms with Crippen molar-refractivity contribution in [3.8, 4) is 5.69 Å². The second-order valence-corrected chi connectivity index (χ2v) is 7.13. The van der Waals surface area contributed by atoms with Gasteiger partial charge in [0, 0.05) is 25.4 Å². The fourth-order valence-electron chi connectivity index (χ4n) is 2.43. The van der Waals surface area contributed by atoms with Crippen molar-refractivity contribution >= 4 is 10.0 Å². The first-order valence-electron chi connectivity index (χ1n) is 8.02. The monoisotopic (exact) mass is 373 g/mol. The number of benzene rings is 1. The highest BCUT2D eigenvalue weighted by atomic mass is 32.2. The molecule has 0 aliphatic rings. The molecule has 0 radical (unpaired) electrons. The molecular formula is C17H19N5O3S. The average molecular weight is 373 g/mol. The minimum absolute atomic E-state index is 0.0460. The van der Waals surface area contributed by atoms with Gasteiger partial charge >= 0.3 is 0 Å². The van der Waals surface area contributed by atoms with Gasteiger partial charge < -0.3 is 4.74 Å². The third kappa shape index (κ3) is 4.31. The van der Waals surface area contributed by atoms with Crippen LogP contribution in [0.4, 0.5) is 0 Å². The molecule has 2 N–H and O–H groups in total. The number of nitrogens with two attached hydrogens (primary N) is 1. The SMILES string of the molecule is CCOCc1nc(Cc2cccnc2)n(-c2ccc(S(N)(=O)=O)cc2)n1. The van der Waals surface area contributed by atoms with Crippen molar-refractivity contribution in [2.75, 3.05) is 6.61 Å². The first-order valence-corrected chi connectivity index (χ1v) is 9.56. The van der Waals surface area contributed by atoms with E-state index < -0.39 is 10.0 Å². The summed E-state index contributed by atoms with van der Waals surface area (Å²) in [4.78, 5) is 8.71. The largest absolute Gasteiger partial charge is 0.374 e. The number of hydrogen-bond donors (Lipinski definition) is 1. The molecule has 0 atom stereocenters. The lowest BCUT2D eigenvalue weighted by atomic mass is 10.2. The van der Waals surface area contributed by atoms with E-state index in [0.717, 1.165) is 5.56 Å². The van der Waals surface area contributed by atoms with Gasteiger partial charge in [0.2, 0.25) is 10.0 Å². The molecule has 0 spiro atoms. The van der Waals surface area contributed by atoms with Crippen molar-refractivity contribution in [3.05, 3.63) is 66.0 Å². The van der Waals surface area contributed by atoms with E-state index in [1.807, 2.05) is 19.1 Å². The minimum Gasteiger partial charge on any atom is -0.374 e. The van der Waals surface area contributed by atoms with Crippen LogP contribution in [-0.2, 0) is 27.8 Å². The van der Waals surface area contributed by atoms with Crippen molar-refractivity contribution in [3.63, 3.8) is 0 Å². The van der Waals surface area contributed by atoms with Gasteiger partial charge in [0.15, 0.2) is 5.82 Å². The number of pyridine rings is 1. The molecule has 2 aromatic heterocycles. The number of hydrogen-bond acceptors (Lipinski definition) is 6. The van der Waals surface area contributed by atoms with Gasteiger partial charge in [0.25, 0.3) is 0 Å². The van der Waals surface area contributed by atoms with Gasteiger partial charge in [-0.1, -0.05) is 6.07 Å². The van der Waals surface area contributed by atoms with Crippen LogP contribution in [0.25, 0.3) is 5.69 Å². The molecule has 0 amide bonds. The molecule has 3 aromatic rings. The molecule has 0 saturated heterocycles. The Morgan fingerprint density at radius 1 is 1.19 bits per heavy atom. The molecule has 0 saturated carbocycles. The van der Waals surface area contributed by atoms with Crippen LogP contribution >= 0.6 is 0 Å². The summed E-state index contributed by atoms with van der Waals surface area (Å²) in [6, 6.07) is 10.00. The van der Waals surface area contributed by atoms with E-state index in [1.54, 1.807) is 29.2 Å². The summed E-state index contributed by atoms with van der Waals surface area (Å²) in [5.74, 6) is 1.26. The number of primary sulfonamides is 1. The van der Waals surface area contributed by atoms with Gasteiger partial charge in [-0.3, -0.25) is 4.98 Å². The van der Waals surface area contributed by atoms with E-state index in [2.05, 4.69) is 15.1 Å². The van der Waals surface area contributed by atoms with Gasteiger partial charge in [-0.2, -0.15) is 0 Å². The summed E-state index contributed by atoms with van der Waals surface area (Å²) < 4.78 is 29.9. The molecule has 26 heavy (non-hydrogen) atoms. The zero-order valence-electron chi connectivity index (χ0n) is 14.2. The predicted molar refractivity (Wildman–Crippen MR) is 95.1 cm³/mol. The fraction of sp³-hybridized carbons (Fsp3) is 0.235. The number of aromatic nitrogens is 4. The molecule has 0 unspecified atom stereocenters. The molecule has 136 valence electrons. The van der Waals surface area contributed by atoms with E-state index in [1.165, 1.54) is 12.1 Å². The maximum absolute atomic E-state index is 11.4. The van der Waals surface area contributed by atoms with Crippen LogP contribution in [0.15, 0.2) is 53.7 Å². The molecule has 1 aromatic carbocycles. The van der Waals surface area contributed by atoms with E-state index in [-0.39, 0.29) is 4.90 Å². The highest BCUT2D eigenvalue weighted by Crippen LogP contribution is 2.16. The number of sulfonamides is 1. The Hall–Kier alpha value is -2.62. The zero-order chi connectivity index (χ0) is 18.6. The van der Waals surface area contributed by atoms with Crippen LogP contribution in [0, 0.1) is 0 Å². The number of ether oxygens (including phenoxy) is 1. The molecule has 9 heteroatoms. The smallest absolute Gasteiger partial charge is 0.238 e. The maximum Gasteiger partial charge on any atom is 0.238 e. The van der Waals surface area contributed by atoms with Crippen LogP contribution in [-0.4, -0.2) is 34.8 Å². The summed E-state index contributed by atoms with van der Waals surface area (Å²) in [7, 11) is -3.74. The van der Waals surface area contributed by atoms with Crippen molar-refractivity contribution in [1.82, 2.24) is 19.7 Å². The van der Waals surface area contributed by atoms with E-state index in [9.17, 15) is 8.42 Å².